The number of aromatic nitrogens is 1. The Hall–Kier alpha value is -3.25. The molecule has 1 aromatic heterocycles. The van der Waals surface area contributed by atoms with E-state index in [4.69, 9.17) is 0 Å². The molecule has 146 valence electrons. The number of benzene rings is 2. The Morgan fingerprint density at radius 3 is 2.62 bits per heavy atom. The minimum atomic E-state index is -0.111. The normalized spacial score (nSPS) is 15.5. The largest absolute Gasteiger partial charge is 0.305 e. The Kier molecular flexibility index (Phi) is 5.27. The molecule has 5 nitrogen and oxygen atoms in total. The fourth-order valence-electron chi connectivity index (χ4n) is 3.60. The first-order valence-electron chi connectivity index (χ1n) is 9.45. The molecule has 2 heterocycles. The minimum Gasteiger partial charge on any atom is -0.305 e. The molecule has 1 aliphatic rings. The van der Waals surface area contributed by atoms with Crippen LogP contribution in [0.4, 0.5) is 16.5 Å². The van der Waals surface area contributed by atoms with Gasteiger partial charge >= 0.3 is 0 Å². The van der Waals surface area contributed by atoms with Crippen molar-refractivity contribution in [3.05, 3.63) is 77.3 Å². The van der Waals surface area contributed by atoms with Crippen LogP contribution in [-0.2, 0) is 16.0 Å². The summed E-state index contributed by atoms with van der Waals surface area (Å²) in [5.74, 6) is -0.178. The molecule has 0 unspecified atom stereocenters. The fraction of sp³-hybridized carbons (Fsp3) is 0.174. The number of carbonyl (C=O) groups is 2. The van der Waals surface area contributed by atoms with Crippen molar-refractivity contribution in [2.24, 2.45) is 0 Å². The summed E-state index contributed by atoms with van der Waals surface area (Å²) in [5.41, 5.74) is 3.59. The molecule has 0 N–H and O–H groups in total. The second-order valence-electron chi connectivity index (χ2n) is 6.97. The number of carbonyl (C=O) groups excluding carboxylic acids is 2. The summed E-state index contributed by atoms with van der Waals surface area (Å²) in [7, 11) is 0. The van der Waals surface area contributed by atoms with Crippen LogP contribution in [-0.4, -0.2) is 22.8 Å². The van der Waals surface area contributed by atoms with Gasteiger partial charge in [0.25, 0.3) is 5.91 Å². The second kappa shape index (κ2) is 8.01. The van der Waals surface area contributed by atoms with Gasteiger partial charge in [-0.25, -0.2) is 4.98 Å². The number of fused-ring (bicyclic) bond motifs is 1. The molecule has 4 rings (SSSR count). The highest BCUT2D eigenvalue weighted by atomic mass is 32.1. The fourth-order valence-corrected chi connectivity index (χ4v) is 4.45. The van der Waals surface area contributed by atoms with Crippen LogP contribution < -0.4 is 9.80 Å². The zero-order valence-electron chi connectivity index (χ0n) is 16.3. The van der Waals surface area contributed by atoms with Gasteiger partial charge in [0, 0.05) is 30.1 Å². The van der Waals surface area contributed by atoms with Gasteiger partial charge in [-0.05, 0) is 43.2 Å². The molecular formula is C23H21N3O2S. The van der Waals surface area contributed by atoms with Crippen LogP contribution in [0.25, 0.3) is 6.08 Å². The molecule has 3 aromatic rings. The quantitative estimate of drug-likeness (QED) is 0.587. The van der Waals surface area contributed by atoms with Crippen molar-refractivity contribution in [1.82, 2.24) is 4.98 Å². The van der Waals surface area contributed by atoms with E-state index in [1.54, 1.807) is 17.1 Å². The molecule has 0 saturated heterocycles. The van der Waals surface area contributed by atoms with Crippen LogP contribution in [0.2, 0.25) is 0 Å². The van der Waals surface area contributed by atoms with Crippen molar-refractivity contribution in [1.29, 1.82) is 0 Å². The van der Waals surface area contributed by atoms with Crippen LogP contribution in [0.5, 0.6) is 0 Å². The van der Waals surface area contributed by atoms with E-state index >= 15 is 0 Å². The van der Waals surface area contributed by atoms with Crippen LogP contribution >= 0.6 is 11.3 Å². The summed E-state index contributed by atoms with van der Waals surface area (Å²) >= 11 is 1.37. The van der Waals surface area contributed by atoms with Gasteiger partial charge in [0.2, 0.25) is 5.91 Å². The number of anilines is 3. The first kappa shape index (κ1) is 19.1. The first-order chi connectivity index (χ1) is 14.0. The van der Waals surface area contributed by atoms with E-state index in [-0.39, 0.29) is 17.9 Å². The molecule has 0 radical (unpaired) electrons. The highest BCUT2D eigenvalue weighted by Gasteiger charge is 2.29. The van der Waals surface area contributed by atoms with Gasteiger partial charge in [-0.1, -0.05) is 36.4 Å². The van der Waals surface area contributed by atoms with Crippen molar-refractivity contribution in [2.45, 2.75) is 26.3 Å². The van der Waals surface area contributed by atoms with Crippen molar-refractivity contribution in [3.63, 3.8) is 0 Å². The minimum absolute atomic E-state index is 0.0662. The molecule has 0 fully saturated rings. The third-order valence-electron chi connectivity index (χ3n) is 4.87. The number of amides is 2. The Labute approximate surface area is 173 Å². The van der Waals surface area contributed by atoms with Gasteiger partial charge in [-0.3, -0.25) is 14.5 Å². The standard InChI is InChI=1S/C23H21N3O2S/c1-16-14-18-8-6-7-11-21(18)25(16)22(28)13-12-19-15-29-23(24-19)26(17(2)27)20-9-4-3-5-10-20/h3-13,15-16H,14H2,1-2H3/b13-12-/t16-/m1/s1. The molecular weight excluding hydrogens is 382 g/mol. The van der Waals surface area contributed by atoms with Crippen LogP contribution in [0.15, 0.2) is 66.1 Å². The third kappa shape index (κ3) is 3.84. The highest BCUT2D eigenvalue weighted by molar-refractivity contribution is 7.14. The maximum Gasteiger partial charge on any atom is 0.251 e. The van der Waals surface area contributed by atoms with E-state index in [2.05, 4.69) is 18.0 Å². The van der Waals surface area contributed by atoms with E-state index < -0.39 is 0 Å². The lowest BCUT2D eigenvalue weighted by Crippen LogP contribution is -2.34. The summed E-state index contributed by atoms with van der Waals surface area (Å²) in [6, 6.07) is 17.5. The maximum atomic E-state index is 12.8. The summed E-state index contributed by atoms with van der Waals surface area (Å²) in [4.78, 5) is 32.9. The summed E-state index contributed by atoms with van der Waals surface area (Å²) in [5, 5.41) is 2.43. The van der Waals surface area contributed by atoms with E-state index in [9.17, 15) is 9.59 Å². The van der Waals surface area contributed by atoms with Crippen LogP contribution in [0, 0.1) is 0 Å². The third-order valence-corrected chi connectivity index (χ3v) is 5.72. The molecule has 1 atom stereocenters. The SMILES string of the molecule is CC(=O)N(c1ccccc1)c1nc(/C=C\C(=O)N2c3ccccc3C[C@H]2C)cs1. The van der Waals surface area contributed by atoms with E-state index in [1.165, 1.54) is 23.8 Å². The zero-order chi connectivity index (χ0) is 20.4. The molecule has 0 saturated carbocycles. The van der Waals surface area contributed by atoms with Crippen molar-refractivity contribution >= 4 is 45.7 Å². The van der Waals surface area contributed by atoms with Gasteiger partial charge in [0.15, 0.2) is 5.13 Å². The van der Waals surface area contributed by atoms with E-state index in [1.807, 2.05) is 58.8 Å². The molecule has 2 aromatic carbocycles. The van der Waals surface area contributed by atoms with Gasteiger partial charge in [-0.2, -0.15) is 0 Å². The van der Waals surface area contributed by atoms with Gasteiger partial charge in [0.1, 0.15) is 0 Å². The Morgan fingerprint density at radius 2 is 1.86 bits per heavy atom. The number of para-hydroxylation sites is 2. The maximum absolute atomic E-state index is 12.8. The summed E-state index contributed by atoms with van der Waals surface area (Å²) in [6.45, 7) is 3.57. The molecule has 1 aliphatic heterocycles. The number of hydrogen-bond acceptors (Lipinski definition) is 4. The smallest absolute Gasteiger partial charge is 0.251 e. The second-order valence-corrected chi connectivity index (χ2v) is 7.80. The Bertz CT molecular complexity index is 1070. The van der Waals surface area contributed by atoms with E-state index in [0.29, 0.717) is 10.8 Å². The van der Waals surface area contributed by atoms with Gasteiger partial charge < -0.3 is 4.90 Å². The van der Waals surface area contributed by atoms with Crippen molar-refractivity contribution < 1.29 is 9.59 Å². The predicted molar refractivity (Wildman–Crippen MR) is 118 cm³/mol. The van der Waals surface area contributed by atoms with Crippen LogP contribution in [0.1, 0.15) is 25.1 Å². The Balaban J connectivity index is 1.54. The summed E-state index contributed by atoms with van der Waals surface area (Å²) in [6.07, 6.45) is 4.12. The molecule has 0 bridgehead atoms. The van der Waals surface area contributed by atoms with Crippen molar-refractivity contribution in [2.75, 3.05) is 9.80 Å². The molecule has 2 amide bonds. The average molecular weight is 404 g/mol. The highest BCUT2D eigenvalue weighted by Crippen LogP contribution is 2.32. The Morgan fingerprint density at radius 1 is 1.14 bits per heavy atom. The van der Waals surface area contributed by atoms with Gasteiger partial charge in [0.05, 0.1) is 11.4 Å². The number of rotatable bonds is 4. The van der Waals surface area contributed by atoms with E-state index in [0.717, 1.165) is 17.8 Å². The first-order valence-corrected chi connectivity index (χ1v) is 10.3. The van der Waals surface area contributed by atoms with Crippen molar-refractivity contribution in [3.8, 4) is 0 Å². The topological polar surface area (TPSA) is 53.5 Å². The predicted octanol–water partition coefficient (Wildman–Crippen LogP) is 4.82. The molecule has 29 heavy (non-hydrogen) atoms. The molecule has 0 aliphatic carbocycles. The lowest BCUT2D eigenvalue weighted by atomic mass is 10.1. The number of hydrogen-bond donors (Lipinski definition) is 0. The lowest BCUT2D eigenvalue weighted by molar-refractivity contribution is -0.116. The summed E-state index contributed by atoms with van der Waals surface area (Å²) < 4.78 is 0. The molecule has 0 spiro atoms. The number of thiazole rings is 1. The van der Waals surface area contributed by atoms with Crippen LogP contribution in [0.3, 0.4) is 0 Å². The lowest BCUT2D eigenvalue weighted by Gasteiger charge is -2.20. The zero-order valence-corrected chi connectivity index (χ0v) is 17.1. The average Bonchev–Trinajstić information content (AvgIpc) is 3.30. The number of nitrogens with zero attached hydrogens (tertiary/aromatic N) is 3. The molecule has 6 heteroatoms. The monoisotopic (exact) mass is 403 g/mol. The van der Waals surface area contributed by atoms with Gasteiger partial charge in [-0.15, -0.1) is 11.3 Å².